The number of guanidine groups is 1. The molecule has 6 nitrogen and oxygen atoms in total. The van der Waals surface area contributed by atoms with Crippen molar-refractivity contribution >= 4 is 11.6 Å². The highest BCUT2D eigenvalue weighted by molar-refractivity contribution is 5.79. The Hall–Kier alpha value is -3.02. The average Bonchev–Trinajstić information content (AvgIpc) is 3.17. The van der Waals surface area contributed by atoms with Crippen molar-refractivity contribution in [1.29, 1.82) is 0 Å². The van der Waals surface area contributed by atoms with Crippen LogP contribution >= 0.6 is 0 Å². The number of nitrogens with one attached hydrogen (secondary N) is 2. The molecule has 0 aliphatic rings. The third kappa shape index (κ3) is 5.98. The van der Waals surface area contributed by atoms with Crippen LogP contribution in [0.3, 0.4) is 0 Å². The van der Waals surface area contributed by atoms with Gasteiger partial charge >= 0.3 is 0 Å². The van der Waals surface area contributed by atoms with Crippen molar-refractivity contribution in [2.75, 3.05) is 27.2 Å². The Morgan fingerprint density at radius 2 is 1.86 bits per heavy atom. The molecule has 2 N–H and O–H groups in total. The summed E-state index contributed by atoms with van der Waals surface area (Å²) in [5, 5.41) is 6.76. The van der Waals surface area contributed by atoms with Gasteiger partial charge < -0.3 is 19.8 Å². The minimum Gasteiger partial charge on any atom is -0.497 e. The van der Waals surface area contributed by atoms with Crippen molar-refractivity contribution in [3.8, 4) is 5.75 Å². The number of hydrogen-bond donors (Lipinski definition) is 2. The van der Waals surface area contributed by atoms with Gasteiger partial charge in [-0.25, -0.2) is 4.98 Å². The largest absolute Gasteiger partial charge is 0.497 e. The van der Waals surface area contributed by atoms with E-state index in [2.05, 4.69) is 51.3 Å². The van der Waals surface area contributed by atoms with Gasteiger partial charge in [-0.3, -0.25) is 4.99 Å². The number of aromatic nitrogens is 2. The van der Waals surface area contributed by atoms with Gasteiger partial charge in [0.25, 0.3) is 0 Å². The zero-order chi connectivity index (χ0) is 20.5. The molecule has 3 rings (SSSR count). The molecule has 0 aliphatic carbocycles. The molecule has 0 saturated carbocycles. The standard InChI is InChI=1S/C23H31N5O/c1-18-7-6-16-28-17-20(27-22(18)28)13-15-26-23(24-2)25-14-5-4-8-19-9-11-21(29-3)12-10-19/h6-7,9-12,16-17H,4-5,8,13-15H2,1-3H3,(H2,24,25,26). The first-order valence-corrected chi connectivity index (χ1v) is 10.2. The summed E-state index contributed by atoms with van der Waals surface area (Å²) in [6.45, 7) is 3.79. The molecule has 154 valence electrons. The third-order valence-electron chi connectivity index (χ3n) is 4.97. The molecule has 3 aromatic rings. The molecular weight excluding hydrogens is 362 g/mol. The lowest BCUT2D eigenvalue weighted by Crippen LogP contribution is -2.38. The molecule has 2 aromatic heterocycles. The van der Waals surface area contributed by atoms with Gasteiger partial charge in [-0.1, -0.05) is 18.2 Å². The molecule has 2 heterocycles. The Kier molecular flexibility index (Phi) is 7.50. The molecule has 0 saturated heterocycles. The van der Waals surface area contributed by atoms with E-state index in [9.17, 15) is 0 Å². The van der Waals surface area contributed by atoms with Gasteiger partial charge in [-0.15, -0.1) is 0 Å². The van der Waals surface area contributed by atoms with Crippen molar-refractivity contribution < 1.29 is 4.74 Å². The van der Waals surface area contributed by atoms with Gasteiger partial charge in [0.2, 0.25) is 0 Å². The Labute approximate surface area is 173 Å². The summed E-state index contributed by atoms with van der Waals surface area (Å²) in [6.07, 6.45) is 8.30. The molecule has 1 aromatic carbocycles. The van der Waals surface area contributed by atoms with Crippen LogP contribution in [0.25, 0.3) is 5.65 Å². The fourth-order valence-electron chi connectivity index (χ4n) is 3.31. The molecule has 0 aliphatic heterocycles. The lowest BCUT2D eigenvalue weighted by molar-refractivity contribution is 0.414. The zero-order valence-electron chi connectivity index (χ0n) is 17.6. The maximum absolute atomic E-state index is 5.20. The number of pyridine rings is 1. The van der Waals surface area contributed by atoms with Crippen LogP contribution in [-0.4, -0.2) is 42.6 Å². The highest BCUT2D eigenvalue weighted by Crippen LogP contribution is 2.13. The third-order valence-corrected chi connectivity index (χ3v) is 4.97. The molecule has 0 amide bonds. The van der Waals surface area contributed by atoms with E-state index in [-0.39, 0.29) is 0 Å². The van der Waals surface area contributed by atoms with Crippen LogP contribution < -0.4 is 15.4 Å². The summed E-state index contributed by atoms with van der Waals surface area (Å²) >= 11 is 0. The summed E-state index contributed by atoms with van der Waals surface area (Å²) in [4.78, 5) is 9.02. The SMILES string of the molecule is CN=C(NCCCCc1ccc(OC)cc1)NCCc1cn2cccc(C)c2n1. The summed E-state index contributed by atoms with van der Waals surface area (Å²) in [6, 6.07) is 12.4. The number of fused-ring (bicyclic) bond motifs is 1. The quantitative estimate of drug-likeness (QED) is 0.332. The second kappa shape index (κ2) is 10.5. The predicted octanol–water partition coefficient (Wildman–Crippen LogP) is 3.38. The van der Waals surface area contributed by atoms with E-state index in [1.165, 1.54) is 11.1 Å². The summed E-state index contributed by atoms with van der Waals surface area (Å²) in [5.74, 6) is 1.75. The van der Waals surface area contributed by atoms with Crippen LogP contribution in [0, 0.1) is 6.92 Å². The first-order chi connectivity index (χ1) is 14.2. The van der Waals surface area contributed by atoms with E-state index < -0.39 is 0 Å². The molecule has 0 spiro atoms. The van der Waals surface area contributed by atoms with Gasteiger partial charge in [0.15, 0.2) is 5.96 Å². The average molecular weight is 394 g/mol. The highest BCUT2D eigenvalue weighted by atomic mass is 16.5. The lowest BCUT2D eigenvalue weighted by atomic mass is 10.1. The van der Waals surface area contributed by atoms with Crippen molar-refractivity contribution in [2.24, 2.45) is 4.99 Å². The Balaban J connectivity index is 1.34. The van der Waals surface area contributed by atoms with Gasteiger partial charge in [0.05, 0.1) is 12.8 Å². The van der Waals surface area contributed by atoms with Crippen LogP contribution in [0.1, 0.15) is 29.7 Å². The number of methoxy groups -OCH3 is 1. The van der Waals surface area contributed by atoms with Gasteiger partial charge in [0, 0.05) is 39.0 Å². The monoisotopic (exact) mass is 393 g/mol. The maximum Gasteiger partial charge on any atom is 0.190 e. The topological polar surface area (TPSA) is 63.0 Å². The van der Waals surface area contributed by atoms with Crippen LogP contribution in [0.15, 0.2) is 53.8 Å². The van der Waals surface area contributed by atoms with Crippen molar-refractivity contribution in [2.45, 2.75) is 32.6 Å². The van der Waals surface area contributed by atoms with E-state index in [1.807, 2.05) is 24.4 Å². The molecule has 0 unspecified atom stereocenters. The molecule has 0 radical (unpaired) electrons. The molecule has 0 bridgehead atoms. The highest BCUT2D eigenvalue weighted by Gasteiger charge is 2.04. The predicted molar refractivity (Wildman–Crippen MR) is 119 cm³/mol. The van der Waals surface area contributed by atoms with Crippen molar-refractivity contribution in [3.05, 3.63) is 65.6 Å². The van der Waals surface area contributed by atoms with E-state index in [1.54, 1.807) is 14.2 Å². The lowest BCUT2D eigenvalue weighted by Gasteiger charge is -2.11. The van der Waals surface area contributed by atoms with Crippen LogP contribution in [-0.2, 0) is 12.8 Å². The van der Waals surface area contributed by atoms with Crippen LogP contribution in [0.4, 0.5) is 0 Å². The first-order valence-electron chi connectivity index (χ1n) is 10.2. The number of ether oxygens (including phenoxy) is 1. The van der Waals surface area contributed by atoms with Crippen molar-refractivity contribution in [1.82, 2.24) is 20.0 Å². The number of imidazole rings is 1. The van der Waals surface area contributed by atoms with E-state index >= 15 is 0 Å². The fraction of sp³-hybridized carbons (Fsp3) is 0.391. The number of aliphatic imine (C=N–C) groups is 1. The Morgan fingerprint density at radius 1 is 1.07 bits per heavy atom. The number of unbranched alkanes of at least 4 members (excludes halogenated alkanes) is 1. The second-order valence-corrected chi connectivity index (χ2v) is 7.14. The second-order valence-electron chi connectivity index (χ2n) is 7.14. The molecule has 6 heteroatoms. The minimum atomic E-state index is 0.800. The van der Waals surface area contributed by atoms with Gasteiger partial charge in [-0.05, 0) is 55.5 Å². The fourth-order valence-corrected chi connectivity index (χ4v) is 3.31. The zero-order valence-corrected chi connectivity index (χ0v) is 17.6. The normalized spacial score (nSPS) is 11.6. The van der Waals surface area contributed by atoms with Gasteiger partial charge in [-0.2, -0.15) is 0 Å². The molecule has 0 atom stereocenters. The van der Waals surface area contributed by atoms with Crippen LogP contribution in [0.5, 0.6) is 5.75 Å². The molecule has 29 heavy (non-hydrogen) atoms. The summed E-state index contributed by atoms with van der Waals surface area (Å²) < 4.78 is 7.28. The Morgan fingerprint density at radius 3 is 2.59 bits per heavy atom. The summed E-state index contributed by atoms with van der Waals surface area (Å²) in [5.41, 5.74) is 4.65. The number of hydrogen-bond acceptors (Lipinski definition) is 3. The summed E-state index contributed by atoms with van der Waals surface area (Å²) in [7, 11) is 3.50. The molecular formula is C23H31N5O. The van der Waals surface area contributed by atoms with Crippen LogP contribution in [0.2, 0.25) is 0 Å². The minimum absolute atomic E-state index is 0.800. The van der Waals surface area contributed by atoms with Crippen molar-refractivity contribution in [3.63, 3.8) is 0 Å². The number of rotatable bonds is 9. The van der Waals surface area contributed by atoms with Gasteiger partial charge in [0.1, 0.15) is 11.4 Å². The van der Waals surface area contributed by atoms with E-state index in [4.69, 9.17) is 9.72 Å². The first kappa shape index (κ1) is 20.7. The van der Waals surface area contributed by atoms with E-state index in [0.717, 1.165) is 61.8 Å². The van der Waals surface area contributed by atoms with E-state index in [0.29, 0.717) is 0 Å². The number of benzene rings is 1. The Bertz CT molecular complexity index is 930. The maximum atomic E-state index is 5.20. The number of nitrogens with zero attached hydrogens (tertiary/aromatic N) is 3. The molecule has 0 fully saturated rings. The number of aryl methyl sites for hydroxylation is 2. The smallest absolute Gasteiger partial charge is 0.190 e.